The summed E-state index contributed by atoms with van der Waals surface area (Å²) in [5.41, 5.74) is 1.43. The van der Waals surface area contributed by atoms with Crippen molar-refractivity contribution in [2.75, 3.05) is 11.8 Å². The molecule has 0 unspecified atom stereocenters. The van der Waals surface area contributed by atoms with Crippen LogP contribution >= 0.6 is 0 Å². The molecule has 0 radical (unpaired) electrons. The van der Waals surface area contributed by atoms with Gasteiger partial charge in [-0.3, -0.25) is 4.72 Å². The zero-order valence-electron chi connectivity index (χ0n) is 11.2. The maximum atomic E-state index is 11.8. The van der Waals surface area contributed by atoms with Crippen molar-refractivity contribution < 1.29 is 17.3 Å². The van der Waals surface area contributed by atoms with E-state index in [1.807, 2.05) is 6.92 Å². The molecule has 0 saturated heterocycles. The van der Waals surface area contributed by atoms with Crippen LogP contribution in [0.25, 0.3) is 0 Å². The number of nitrogens with one attached hydrogen (secondary N) is 1. The predicted octanol–water partition coefficient (Wildman–Crippen LogP) is 2.74. The van der Waals surface area contributed by atoms with Crippen LogP contribution in [0, 0.1) is 6.92 Å². The fourth-order valence-electron chi connectivity index (χ4n) is 1.54. The van der Waals surface area contributed by atoms with Crippen molar-refractivity contribution in [3.8, 4) is 11.5 Å². The second-order valence-electron chi connectivity index (χ2n) is 4.18. The highest BCUT2D eigenvalue weighted by Gasteiger charge is 2.12. The fraction of sp³-hybridized carbons (Fsp3) is 0.143. The molecule has 0 fully saturated rings. The number of methoxy groups -OCH3 is 1. The lowest BCUT2D eigenvalue weighted by atomic mass is 10.2. The van der Waals surface area contributed by atoms with Gasteiger partial charge in [0, 0.05) is 0 Å². The topological polar surface area (TPSA) is 64.6 Å². The van der Waals surface area contributed by atoms with E-state index < -0.39 is 10.3 Å². The average Bonchev–Trinajstić information content (AvgIpc) is 2.41. The molecule has 2 rings (SSSR count). The molecule has 0 aliphatic carbocycles. The SMILES string of the molecule is COc1ccc(NS(=O)(=O)Oc2ccc(C)cc2)cc1. The van der Waals surface area contributed by atoms with E-state index in [4.69, 9.17) is 8.92 Å². The van der Waals surface area contributed by atoms with Crippen molar-refractivity contribution in [3.05, 3.63) is 54.1 Å². The molecule has 5 nitrogen and oxygen atoms in total. The Kier molecular flexibility index (Phi) is 4.14. The van der Waals surface area contributed by atoms with E-state index in [1.54, 1.807) is 55.6 Å². The van der Waals surface area contributed by atoms with E-state index >= 15 is 0 Å². The van der Waals surface area contributed by atoms with Crippen molar-refractivity contribution in [1.82, 2.24) is 0 Å². The Bertz CT molecular complexity index is 663. The third kappa shape index (κ3) is 3.89. The molecule has 0 heterocycles. The summed E-state index contributed by atoms with van der Waals surface area (Å²) in [6.07, 6.45) is 0. The van der Waals surface area contributed by atoms with Crippen LogP contribution in [0.3, 0.4) is 0 Å². The summed E-state index contributed by atoms with van der Waals surface area (Å²) in [5, 5.41) is 0. The number of hydrogen-bond acceptors (Lipinski definition) is 4. The first-order valence-corrected chi connectivity index (χ1v) is 7.32. The minimum absolute atomic E-state index is 0.261. The molecule has 0 spiro atoms. The maximum Gasteiger partial charge on any atom is 0.407 e. The third-order valence-corrected chi connectivity index (χ3v) is 3.46. The Balaban J connectivity index is 2.08. The van der Waals surface area contributed by atoms with Gasteiger partial charge in [0.05, 0.1) is 12.8 Å². The van der Waals surface area contributed by atoms with Gasteiger partial charge in [-0.25, -0.2) is 0 Å². The first-order valence-electron chi connectivity index (χ1n) is 5.91. The summed E-state index contributed by atoms with van der Waals surface area (Å²) < 4.78 is 36.0. The predicted molar refractivity (Wildman–Crippen MR) is 77.3 cm³/mol. The van der Waals surface area contributed by atoms with Gasteiger partial charge in [-0.15, -0.1) is 0 Å². The molecule has 2 aromatic carbocycles. The molecule has 0 saturated carbocycles. The van der Waals surface area contributed by atoms with Crippen LogP contribution in [0.5, 0.6) is 11.5 Å². The van der Waals surface area contributed by atoms with E-state index in [9.17, 15) is 8.42 Å². The number of aryl methyl sites for hydroxylation is 1. The van der Waals surface area contributed by atoms with Gasteiger partial charge in [-0.05, 0) is 43.3 Å². The van der Waals surface area contributed by atoms with E-state index in [-0.39, 0.29) is 5.75 Å². The van der Waals surface area contributed by atoms with Crippen molar-refractivity contribution in [1.29, 1.82) is 0 Å². The molecule has 0 atom stereocenters. The minimum atomic E-state index is -3.91. The highest BCUT2D eigenvalue weighted by atomic mass is 32.2. The molecule has 0 bridgehead atoms. The molecular weight excluding hydrogens is 278 g/mol. The van der Waals surface area contributed by atoms with Gasteiger partial charge < -0.3 is 8.92 Å². The second-order valence-corrected chi connectivity index (χ2v) is 5.46. The summed E-state index contributed by atoms with van der Waals surface area (Å²) in [5.74, 6) is 0.906. The number of rotatable bonds is 5. The molecule has 20 heavy (non-hydrogen) atoms. The van der Waals surface area contributed by atoms with Gasteiger partial charge in [0.15, 0.2) is 0 Å². The van der Waals surface area contributed by atoms with Crippen LogP contribution < -0.4 is 13.6 Å². The van der Waals surface area contributed by atoms with Gasteiger partial charge in [-0.1, -0.05) is 17.7 Å². The van der Waals surface area contributed by atoms with Crippen LogP contribution in [0.15, 0.2) is 48.5 Å². The molecule has 0 amide bonds. The summed E-state index contributed by atoms with van der Waals surface area (Å²) in [4.78, 5) is 0. The molecule has 1 N–H and O–H groups in total. The molecule has 2 aromatic rings. The largest absolute Gasteiger partial charge is 0.497 e. The lowest BCUT2D eigenvalue weighted by Crippen LogP contribution is -2.19. The zero-order valence-corrected chi connectivity index (χ0v) is 12.0. The third-order valence-electron chi connectivity index (χ3n) is 2.56. The Labute approximate surface area is 118 Å². The fourth-order valence-corrected chi connectivity index (χ4v) is 2.38. The summed E-state index contributed by atoms with van der Waals surface area (Å²) in [7, 11) is -2.37. The van der Waals surface area contributed by atoms with Crippen LogP contribution in [-0.2, 0) is 10.3 Å². The van der Waals surface area contributed by atoms with Crippen LogP contribution in [0.1, 0.15) is 5.56 Å². The smallest absolute Gasteiger partial charge is 0.407 e. The Hall–Kier alpha value is -2.21. The number of hydrogen-bond donors (Lipinski definition) is 1. The maximum absolute atomic E-state index is 11.8. The van der Waals surface area contributed by atoms with Gasteiger partial charge in [0.25, 0.3) is 0 Å². The lowest BCUT2D eigenvalue weighted by Gasteiger charge is -2.09. The normalized spacial score (nSPS) is 10.9. The Morgan fingerprint density at radius 1 is 0.900 bits per heavy atom. The molecular formula is C14H15NO4S. The van der Waals surface area contributed by atoms with Crippen molar-refractivity contribution >= 4 is 16.0 Å². The van der Waals surface area contributed by atoms with Crippen LogP contribution in [-0.4, -0.2) is 15.5 Å². The van der Waals surface area contributed by atoms with Gasteiger partial charge in [0.1, 0.15) is 11.5 Å². The Morgan fingerprint density at radius 3 is 2.00 bits per heavy atom. The second kappa shape index (κ2) is 5.83. The molecule has 0 aliphatic heterocycles. The van der Waals surface area contributed by atoms with Crippen LogP contribution in [0.2, 0.25) is 0 Å². The molecule has 0 aromatic heterocycles. The quantitative estimate of drug-likeness (QED) is 0.920. The van der Waals surface area contributed by atoms with Crippen LogP contribution in [0.4, 0.5) is 5.69 Å². The molecule has 6 heteroatoms. The summed E-state index contributed by atoms with van der Waals surface area (Å²) in [6.45, 7) is 1.91. The van der Waals surface area contributed by atoms with Crippen molar-refractivity contribution in [3.63, 3.8) is 0 Å². The molecule has 106 valence electrons. The van der Waals surface area contributed by atoms with Crippen molar-refractivity contribution in [2.24, 2.45) is 0 Å². The van der Waals surface area contributed by atoms with Crippen molar-refractivity contribution in [2.45, 2.75) is 6.92 Å². The van der Waals surface area contributed by atoms with E-state index in [0.29, 0.717) is 11.4 Å². The number of benzene rings is 2. The number of anilines is 1. The van der Waals surface area contributed by atoms with Gasteiger partial charge >= 0.3 is 10.3 Å². The van der Waals surface area contributed by atoms with E-state index in [0.717, 1.165) is 5.56 Å². The van der Waals surface area contributed by atoms with E-state index in [2.05, 4.69) is 4.72 Å². The average molecular weight is 293 g/mol. The first kappa shape index (κ1) is 14.2. The highest BCUT2D eigenvalue weighted by molar-refractivity contribution is 7.88. The molecule has 0 aliphatic rings. The summed E-state index contributed by atoms with van der Waals surface area (Å²) >= 11 is 0. The zero-order chi connectivity index (χ0) is 14.6. The number of ether oxygens (including phenoxy) is 1. The van der Waals surface area contributed by atoms with Gasteiger partial charge in [-0.2, -0.15) is 8.42 Å². The monoisotopic (exact) mass is 293 g/mol. The van der Waals surface area contributed by atoms with Gasteiger partial charge in [0.2, 0.25) is 0 Å². The first-order chi connectivity index (χ1) is 9.48. The summed E-state index contributed by atoms with van der Waals surface area (Å²) in [6, 6.07) is 13.2. The van der Waals surface area contributed by atoms with E-state index in [1.165, 1.54) is 0 Å². The standard InChI is InChI=1S/C14H15NO4S/c1-11-3-7-14(8-4-11)19-20(16,17)15-12-5-9-13(18-2)10-6-12/h3-10,15H,1-2H3. The Morgan fingerprint density at radius 2 is 1.45 bits per heavy atom. The lowest BCUT2D eigenvalue weighted by molar-refractivity contribution is 0.415. The minimum Gasteiger partial charge on any atom is -0.497 e. The highest BCUT2D eigenvalue weighted by Crippen LogP contribution is 2.18.